The zero-order valence-corrected chi connectivity index (χ0v) is 59.4. The quantitative estimate of drug-likeness (QED) is 0.0417. The number of carbonyl (C=O) groups is 9. The zero-order chi connectivity index (χ0) is 70.4. The molecule has 2 saturated heterocycles. The second-order valence-corrected chi connectivity index (χ2v) is 28.3. The molecular formula is C74H108N4O17. The summed E-state index contributed by atoms with van der Waals surface area (Å²) in [7, 11) is 5.64. The maximum absolute atomic E-state index is 15.1. The lowest BCUT2D eigenvalue weighted by Crippen LogP contribution is -2.54. The molecule has 0 bridgehead atoms. The van der Waals surface area contributed by atoms with Gasteiger partial charge in [-0.15, -0.1) is 0 Å². The summed E-state index contributed by atoms with van der Waals surface area (Å²) in [4.78, 5) is 134. The highest BCUT2D eigenvalue weighted by molar-refractivity contribution is 5.93. The van der Waals surface area contributed by atoms with Crippen LogP contribution in [0, 0.1) is 23.7 Å². The molecule has 2 fully saturated rings. The van der Waals surface area contributed by atoms with Crippen LogP contribution in [0.25, 0.3) is 0 Å². The summed E-state index contributed by atoms with van der Waals surface area (Å²) in [5.41, 5.74) is 3.38. The molecule has 526 valence electrons. The Labute approximate surface area is 563 Å². The van der Waals surface area contributed by atoms with E-state index in [1.54, 1.807) is 45.0 Å². The first-order valence-electron chi connectivity index (χ1n) is 33.9. The Morgan fingerprint density at radius 1 is 0.421 bits per heavy atom. The van der Waals surface area contributed by atoms with Crippen molar-refractivity contribution in [3.8, 4) is 0 Å². The predicted octanol–water partition coefficient (Wildman–Crippen LogP) is 10.6. The number of carbonyl (C=O) groups excluding carboxylic acids is 9. The van der Waals surface area contributed by atoms with E-state index in [1.165, 1.54) is 56.7 Å². The molecule has 3 aromatic rings. The second-order valence-electron chi connectivity index (χ2n) is 28.3. The van der Waals surface area contributed by atoms with Crippen molar-refractivity contribution >= 4 is 53.7 Å². The van der Waals surface area contributed by atoms with E-state index in [0.29, 0.717) is 43.5 Å². The van der Waals surface area contributed by atoms with Crippen molar-refractivity contribution in [2.75, 3.05) is 54.6 Å². The van der Waals surface area contributed by atoms with E-state index in [-0.39, 0.29) is 74.7 Å². The van der Waals surface area contributed by atoms with Crippen LogP contribution in [0.3, 0.4) is 0 Å². The molecule has 95 heavy (non-hydrogen) atoms. The molecular weight excluding hydrogens is 1220 g/mol. The predicted molar refractivity (Wildman–Crippen MR) is 358 cm³/mol. The Bertz CT molecular complexity index is 2970. The number of nitrogens with zero attached hydrogens (tertiary/aromatic N) is 4. The molecule has 2 heterocycles. The monoisotopic (exact) mass is 1320 g/mol. The topological polar surface area (TPSA) is 240 Å². The molecule has 3 aromatic carbocycles. The number of amides is 4. The third-order valence-electron chi connectivity index (χ3n) is 17.2. The van der Waals surface area contributed by atoms with E-state index in [0.717, 1.165) is 47.3 Å². The van der Waals surface area contributed by atoms with E-state index < -0.39 is 108 Å². The maximum Gasteiger partial charge on any atom is 0.410 e. The van der Waals surface area contributed by atoms with Gasteiger partial charge in [0, 0.05) is 67.5 Å². The standard InChI is InChI=1S/C74H108N4O17/c1-46(2)39-59(76(15)67(81)64(44-53-25-29-56(30-26-53)58-33-37-89-38-34-58)94-72(86)62(42-49(7)8)78(17)73(87)95-74(11,12)13)69(83)91-50(9)65(79)75(14)61(41-48(5)6)71(85)93-63(43-52-23-27-55(28-24-52)57-31-35-88-36-32-57)66(80)77(16)60(40-47(3)4)70(84)92-51(10)68(82)90-45-54-21-19-18-20-22-54/h18-30,46-51,57-64H,31-45H2,1-17H3/t50-,51-,59+,60+,61+,62?,63-,64-/m1/s1. The van der Waals surface area contributed by atoms with Crippen molar-refractivity contribution < 1.29 is 81.0 Å². The van der Waals surface area contributed by atoms with Crippen LogP contribution in [-0.4, -0.2) is 182 Å². The summed E-state index contributed by atoms with van der Waals surface area (Å²) in [5.74, 6) is -6.75. The van der Waals surface area contributed by atoms with E-state index in [4.69, 9.17) is 37.9 Å². The SMILES string of the molecule is CC(C)CC(C(=O)O[C@H](Cc1ccc(C2CCOCC2)cc1)C(=O)N(C)[C@@H](CC(C)C)C(=O)O[C@H](C)C(=O)N(C)[C@@H](CC(C)C)C(=O)O[C@H](Cc1ccc(C2CCOCC2)cc1)C(=O)N(C)[C@@H](CC(C)C)C(=O)O[C@H](C)C(=O)OCc1ccccc1)N(C)C(=O)OC(C)(C)C. The highest BCUT2D eigenvalue weighted by Gasteiger charge is 2.43. The van der Waals surface area contributed by atoms with Gasteiger partial charge in [0.15, 0.2) is 24.4 Å². The average Bonchev–Trinajstić information content (AvgIpc) is 1.03. The molecule has 21 nitrogen and oxygen atoms in total. The lowest BCUT2D eigenvalue weighted by molar-refractivity contribution is -0.175. The van der Waals surface area contributed by atoms with E-state index >= 15 is 9.59 Å². The molecule has 2 aliphatic heterocycles. The van der Waals surface area contributed by atoms with Crippen LogP contribution in [0.4, 0.5) is 4.79 Å². The molecule has 5 rings (SSSR count). The van der Waals surface area contributed by atoms with Crippen LogP contribution in [0.1, 0.15) is 181 Å². The Balaban J connectivity index is 1.41. The minimum Gasteiger partial charge on any atom is -0.458 e. The maximum atomic E-state index is 15.1. The van der Waals surface area contributed by atoms with Crippen LogP contribution in [0.2, 0.25) is 0 Å². The lowest BCUT2D eigenvalue weighted by Gasteiger charge is -2.34. The van der Waals surface area contributed by atoms with Gasteiger partial charge in [-0.1, -0.05) is 134 Å². The Hall–Kier alpha value is -7.39. The Morgan fingerprint density at radius 2 is 0.758 bits per heavy atom. The third kappa shape index (κ3) is 24.6. The normalized spacial score (nSPS) is 16.5. The van der Waals surface area contributed by atoms with Gasteiger partial charge in [0.05, 0.1) is 0 Å². The number of hydrogen-bond donors (Lipinski definition) is 0. The van der Waals surface area contributed by atoms with Gasteiger partial charge in [0.1, 0.15) is 36.4 Å². The molecule has 1 unspecified atom stereocenters. The Morgan fingerprint density at radius 3 is 1.12 bits per heavy atom. The fraction of sp³-hybridized carbons (Fsp3) is 0.635. The first kappa shape index (κ1) is 78.3. The van der Waals surface area contributed by atoms with Crippen LogP contribution in [-0.2, 0) is 95.7 Å². The summed E-state index contributed by atoms with van der Waals surface area (Å²) in [6, 6.07) is 19.4. The summed E-state index contributed by atoms with van der Waals surface area (Å²) in [6.45, 7) is 25.3. The first-order valence-corrected chi connectivity index (χ1v) is 33.9. The molecule has 4 amide bonds. The fourth-order valence-corrected chi connectivity index (χ4v) is 11.7. The molecule has 2 aliphatic rings. The Kier molecular flexibility index (Phi) is 30.7. The highest BCUT2D eigenvalue weighted by atomic mass is 16.6. The largest absolute Gasteiger partial charge is 0.458 e. The van der Waals surface area contributed by atoms with Gasteiger partial charge >= 0.3 is 35.9 Å². The molecule has 0 radical (unpaired) electrons. The minimum atomic E-state index is -1.54. The molecule has 0 spiro atoms. The highest BCUT2D eigenvalue weighted by Crippen LogP contribution is 2.31. The number of rotatable bonds is 32. The number of likely N-dealkylation sites (N-methyl/N-ethyl adjacent to an activating group) is 4. The number of benzene rings is 3. The summed E-state index contributed by atoms with van der Waals surface area (Å²) in [5, 5.41) is 0. The smallest absolute Gasteiger partial charge is 0.410 e. The molecule has 21 heteroatoms. The van der Waals surface area contributed by atoms with Gasteiger partial charge in [-0.25, -0.2) is 28.8 Å². The second kappa shape index (κ2) is 37.2. The first-order chi connectivity index (χ1) is 44.7. The van der Waals surface area contributed by atoms with E-state index in [2.05, 4.69) is 0 Å². The summed E-state index contributed by atoms with van der Waals surface area (Å²) < 4.78 is 46.4. The van der Waals surface area contributed by atoms with Crippen molar-refractivity contribution in [1.82, 2.24) is 19.6 Å². The molecule has 0 aliphatic carbocycles. The van der Waals surface area contributed by atoms with Crippen molar-refractivity contribution in [2.24, 2.45) is 23.7 Å². The van der Waals surface area contributed by atoms with Crippen molar-refractivity contribution in [1.29, 1.82) is 0 Å². The van der Waals surface area contributed by atoms with Crippen molar-refractivity contribution in [3.63, 3.8) is 0 Å². The van der Waals surface area contributed by atoms with Crippen LogP contribution in [0.15, 0.2) is 78.9 Å². The van der Waals surface area contributed by atoms with Gasteiger partial charge in [0.2, 0.25) is 0 Å². The number of ether oxygens (including phenoxy) is 8. The van der Waals surface area contributed by atoms with Gasteiger partial charge in [-0.3, -0.25) is 19.3 Å². The minimum absolute atomic E-state index is 0.0456. The zero-order valence-electron chi connectivity index (χ0n) is 59.4. The van der Waals surface area contributed by atoms with E-state index in [9.17, 15) is 33.6 Å². The van der Waals surface area contributed by atoms with Crippen LogP contribution in [0.5, 0.6) is 0 Å². The molecule has 0 aromatic heterocycles. The number of esters is 5. The molecule has 0 saturated carbocycles. The van der Waals surface area contributed by atoms with Crippen molar-refractivity contribution in [3.05, 3.63) is 107 Å². The van der Waals surface area contributed by atoms with E-state index in [1.807, 2.05) is 110 Å². The van der Waals surface area contributed by atoms with Crippen LogP contribution >= 0.6 is 0 Å². The van der Waals surface area contributed by atoms with Crippen molar-refractivity contribution in [2.45, 2.75) is 227 Å². The lowest BCUT2D eigenvalue weighted by atomic mass is 9.90. The average molecular weight is 1330 g/mol. The molecule has 8 atom stereocenters. The van der Waals surface area contributed by atoms with Gasteiger partial charge in [0.25, 0.3) is 17.7 Å². The van der Waals surface area contributed by atoms with Gasteiger partial charge in [-0.05, 0) is 149 Å². The number of hydrogen-bond acceptors (Lipinski definition) is 17. The summed E-state index contributed by atoms with van der Waals surface area (Å²) >= 11 is 0. The molecule has 0 N–H and O–H groups in total. The van der Waals surface area contributed by atoms with Crippen LogP contribution < -0.4 is 0 Å². The summed E-state index contributed by atoms with van der Waals surface area (Å²) in [6.07, 6.45) is -3.03. The van der Waals surface area contributed by atoms with Gasteiger partial charge < -0.3 is 52.6 Å². The van der Waals surface area contributed by atoms with Gasteiger partial charge in [-0.2, -0.15) is 0 Å². The third-order valence-corrected chi connectivity index (χ3v) is 17.2. The fourth-order valence-electron chi connectivity index (χ4n) is 11.7.